The molecule has 1 aromatic carbocycles. The van der Waals surface area contributed by atoms with Gasteiger partial charge < -0.3 is 5.11 Å². The molecule has 5 heteroatoms. The Balaban J connectivity index is 1.90. The molecule has 0 bridgehead atoms. The highest BCUT2D eigenvalue weighted by atomic mass is 16.3. The molecular weight excluding hydrogens is 264 g/mol. The SMILES string of the molecule is CC(c1cccc(-c2nc(CO)nn2C)c1)N1CCCC1. The van der Waals surface area contributed by atoms with Crippen molar-refractivity contribution in [1.82, 2.24) is 19.7 Å². The number of hydrogen-bond acceptors (Lipinski definition) is 4. The third-order valence-electron chi connectivity index (χ3n) is 4.26. The van der Waals surface area contributed by atoms with Gasteiger partial charge in [0, 0.05) is 18.7 Å². The van der Waals surface area contributed by atoms with Gasteiger partial charge in [0.15, 0.2) is 11.6 Å². The molecule has 1 aliphatic heterocycles. The van der Waals surface area contributed by atoms with Gasteiger partial charge in [-0.15, -0.1) is 0 Å². The van der Waals surface area contributed by atoms with Crippen molar-refractivity contribution in [2.75, 3.05) is 13.1 Å². The van der Waals surface area contributed by atoms with Crippen molar-refractivity contribution in [2.24, 2.45) is 7.05 Å². The lowest BCUT2D eigenvalue weighted by molar-refractivity contribution is 0.263. The molecule has 5 nitrogen and oxygen atoms in total. The largest absolute Gasteiger partial charge is 0.388 e. The molecule has 1 saturated heterocycles. The van der Waals surface area contributed by atoms with Crippen molar-refractivity contribution in [1.29, 1.82) is 0 Å². The van der Waals surface area contributed by atoms with Crippen LogP contribution >= 0.6 is 0 Å². The molecule has 1 aliphatic rings. The molecule has 0 spiro atoms. The van der Waals surface area contributed by atoms with Crippen molar-refractivity contribution in [2.45, 2.75) is 32.4 Å². The second-order valence-corrected chi connectivity index (χ2v) is 5.68. The number of aliphatic hydroxyl groups excluding tert-OH is 1. The summed E-state index contributed by atoms with van der Waals surface area (Å²) in [6.45, 7) is 4.51. The first-order valence-electron chi connectivity index (χ1n) is 7.54. The van der Waals surface area contributed by atoms with Crippen LogP contribution in [0.25, 0.3) is 11.4 Å². The van der Waals surface area contributed by atoms with Crippen LogP contribution in [0.15, 0.2) is 24.3 Å². The predicted octanol–water partition coefficient (Wildman–Crippen LogP) is 2.13. The van der Waals surface area contributed by atoms with Crippen molar-refractivity contribution in [3.05, 3.63) is 35.7 Å². The fourth-order valence-electron chi connectivity index (χ4n) is 3.03. The topological polar surface area (TPSA) is 54.2 Å². The lowest BCUT2D eigenvalue weighted by Gasteiger charge is -2.24. The van der Waals surface area contributed by atoms with Crippen LogP contribution in [0.1, 0.15) is 37.2 Å². The minimum atomic E-state index is -0.127. The number of aryl methyl sites for hydroxylation is 1. The number of aromatic nitrogens is 3. The summed E-state index contributed by atoms with van der Waals surface area (Å²) in [6.07, 6.45) is 2.60. The van der Waals surface area contributed by atoms with Crippen LogP contribution in [0.2, 0.25) is 0 Å². The zero-order chi connectivity index (χ0) is 14.8. The molecule has 0 radical (unpaired) electrons. The van der Waals surface area contributed by atoms with Crippen LogP contribution in [0.5, 0.6) is 0 Å². The number of hydrogen-bond donors (Lipinski definition) is 1. The lowest BCUT2D eigenvalue weighted by atomic mass is 10.0. The molecule has 112 valence electrons. The standard InChI is InChI=1S/C16H22N4O/c1-12(20-8-3-4-9-20)13-6-5-7-14(10-13)16-17-15(11-21)18-19(16)2/h5-7,10,12,21H,3-4,8-9,11H2,1-2H3. The summed E-state index contributed by atoms with van der Waals surface area (Å²) in [5.74, 6) is 1.26. The van der Waals surface area contributed by atoms with E-state index in [1.165, 1.54) is 31.5 Å². The fourth-order valence-corrected chi connectivity index (χ4v) is 3.03. The Bertz CT molecular complexity index is 616. The van der Waals surface area contributed by atoms with E-state index in [1.54, 1.807) is 4.68 Å². The Morgan fingerprint density at radius 3 is 2.71 bits per heavy atom. The molecule has 1 atom stereocenters. The first kappa shape index (κ1) is 14.2. The molecule has 3 rings (SSSR count). The maximum atomic E-state index is 9.16. The van der Waals surface area contributed by atoms with E-state index in [0.717, 1.165) is 11.4 Å². The van der Waals surface area contributed by atoms with Gasteiger partial charge in [0.1, 0.15) is 6.61 Å². The summed E-state index contributed by atoms with van der Waals surface area (Å²) in [7, 11) is 1.86. The van der Waals surface area contributed by atoms with E-state index in [0.29, 0.717) is 11.9 Å². The van der Waals surface area contributed by atoms with Gasteiger partial charge in [-0.05, 0) is 44.5 Å². The monoisotopic (exact) mass is 286 g/mol. The second-order valence-electron chi connectivity index (χ2n) is 5.68. The number of nitrogens with zero attached hydrogens (tertiary/aromatic N) is 4. The first-order valence-corrected chi connectivity index (χ1v) is 7.54. The Morgan fingerprint density at radius 2 is 2.05 bits per heavy atom. The maximum Gasteiger partial charge on any atom is 0.176 e. The fraction of sp³-hybridized carbons (Fsp3) is 0.500. The Labute approximate surface area is 125 Å². The van der Waals surface area contributed by atoms with E-state index in [4.69, 9.17) is 5.11 Å². The van der Waals surface area contributed by atoms with Gasteiger partial charge in [-0.3, -0.25) is 4.90 Å². The number of likely N-dealkylation sites (tertiary alicyclic amines) is 1. The van der Waals surface area contributed by atoms with E-state index in [2.05, 4.69) is 40.1 Å². The summed E-state index contributed by atoms with van der Waals surface area (Å²) < 4.78 is 1.73. The first-order chi connectivity index (χ1) is 10.2. The molecule has 1 unspecified atom stereocenters. The summed E-state index contributed by atoms with van der Waals surface area (Å²) in [5, 5.41) is 13.4. The zero-order valence-corrected chi connectivity index (χ0v) is 12.7. The lowest BCUT2D eigenvalue weighted by Crippen LogP contribution is -2.23. The van der Waals surface area contributed by atoms with Crippen molar-refractivity contribution in [3.8, 4) is 11.4 Å². The highest BCUT2D eigenvalue weighted by Crippen LogP contribution is 2.27. The van der Waals surface area contributed by atoms with Gasteiger partial charge in [-0.1, -0.05) is 18.2 Å². The Morgan fingerprint density at radius 1 is 1.29 bits per heavy atom. The highest BCUT2D eigenvalue weighted by molar-refractivity contribution is 5.56. The molecule has 1 fully saturated rings. The number of aliphatic hydroxyl groups is 1. The number of rotatable bonds is 4. The molecule has 21 heavy (non-hydrogen) atoms. The van der Waals surface area contributed by atoms with Crippen LogP contribution in [0.3, 0.4) is 0 Å². The van der Waals surface area contributed by atoms with Crippen molar-refractivity contribution < 1.29 is 5.11 Å². The van der Waals surface area contributed by atoms with Gasteiger partial charge in [-0.25, -0.2) is 9.67 Å². The smallest absolute Gasteiger partial charge is 0.176 e. The van der Waals surface area contributed by atoms with E-state index in [9.17, 15) is 0 Å². The third-order valence-corrected chi connectivity index (χ3v) is 4.26. The van der Waals surface area contributed by atoms with Crippen molar-refractivity contribution >= 4 is 0 Å². The normalized spacial score (nSPS) is 17.3. The van der Waals surface area contributed by atoms with E-state index in [1.807, 2.05) is 13.1 Å². The number of benzene rings is 1. The Kier molecular flexibility index (Phi) is 4.03. The summed E-state index contributed by atoms with van der Waals surface area (Å²) in [6, 6.07) is 8.91. The molecule has 0 amide bonds. The van der Waals surface area contributed by atoms with Crippen LogP contribution in [0.4, 0.5) is 0 Å². The molecule has 2 heterocycles. The third kappa shape index (κ3) is 2.84. The molecule has 0 saturated carbocycles. The van der Waals surface area contributed by atoms with Gasteiger partial charge in [0.2, 0.25) is 0 Å². The predicted molar refractivity (Wildman–Crippen MR) is 81.6 cm³/mol. The molecular formula is C16H22N4O. The molecule has 1 N–H and O–H groups in total. The average molecular weight is 286 g/mol. The zero-order valence-electron chi connectivity index (χ0n) is 12.7. The van der Waals surface area contributed by atoms with E-state index in [-0.39, 0.29) is 6.61 Å². The second kappa shape index (κ2) is 5.95. The maximum absolute atomic E-state index is 9.16. The highest BCUT2D eigenvalue weighted by Gasteiger charge is 2.20. The van der Waals surface area contributed by atoms with Crippen LogP contribution in [-0.4, -0.2) is 37.9 Å². The Hall–Kier alpha value is -1.72. The minimum absolute atomic E-state index is 0.127. The van der Waals surface area contributed by atoms with Crippen LogP contribution < -0.4 is 0 Å². The van der Waals surface area contributed by atoms with Gasteiger partial charge >= 0.3 is 0 Å². The van der Waals surface area contributed by atoms with Crippen LogP contribution in [0, 0.1) is 0 Å². The van der Waals surface area contributed by atoms with Gasteiger partial charge in [0.05, 0.1) is 0 Å². The minimum Gasteiger partial charge on any atom is -0.388 e. The molecule has 1 aromatic heterocycles. The molecule has 0 aliphatic carbocycles. The van der Waals surface area contributed by atoms with Crippen molar-refractivity contribution in [3.63, 3.8) is 0 Å². The molecule has 2 aromatic rings. The summed E-state index contributed by atoms with van der Waals surface area (Å²) in [5.41, 5.74) is 2.36. The average Bonchev–Trinajstić information content (AvgIpc) is 3.16. The summed E-state index contributed by atoms with van der Waals surface area (Å²) in [4.78, 5) is 6.91. The van der Waals surface area contributed by atoms with E-state index < -0.39 is 0 Å². The van der Waals surface area contributed by atoms with E-state index >= 15 is 0 Å². The van der Waals surface area contributed by atoms with Gasteiger partial charge in [-0.2, -0.15) is 5.10 Å². The quantitative estimate of drug-likeness (QED) is 0.935. The summed E-state index contributed by atoms with van der Waals surface area (Å²) >= 11 is 0. The van der Waals surface area contributed by atoms with Gasteiger partial charge in [0.25, 0.3) is 0 Å². The van der Waals surface area contributed by atoms with Crippen LogP contribution in [-0.2, 0) is 13.7 Å².